The molecule has 16 heavy (non-hydrogen) atoms. The topological polar surface area (TPSA) is 33.1 Å². The van der Waals surface area contributed by atoms with Gasteiger partial charge in [-0.15, -0.1) is 0 Å². The fourth-order valence-corrected chi connectivity index (χ4v) is 2.45. The van der Waals surface area contributed by atoms with Gasteiger partial charge in [0.15, 0.2) is 0 Å². The summed E-state index contributed by atoms with van der Waals surface area (Å²) in [5, 5.41) is 3.53. The van der Waals surface area contributed by atoms with Crippen LogP contribution in [0.5, 0.6) is 0 Å². The van der Waals surface area contributed by atoms with E-state index in [-0.39, 0.29) is 0 Å². The third kappa shape index (κ3) is 1.94. The quantitative estimate of drug-likeness (QED) is 0.840. The Kier molecular flexibility index (Phi) is 2.39. The van der Waals surface area contributed by atoms with Crippen molar-refractivity contribution in [1.29, 1.82) is 0 Å². The first-order valence-corrected chi connectivity index (χ1v) is 6.23. The van der Waals surface area contributed by atoms with Gasteiger partial charge in [0.05, 0.1) is 11.7 Å². The van der Waals surface area contributed by atoms with Crippen molar-refractivity contribution < 1.29 is 0 Å². The van der Waals surface area contributed by atoms with Crippen molar-refractivity contribution in [3.63, 3.8) is 0 Å². The van der Waals surface area contributed by atoms with Gasteiger partial charge in [0.2, 0.25) is 5.95 Å². The van der Waals surface area contributed by atoms with E-state index in [9.17, 15) is 0 Å². The molecule has 3 rings (SSSR count). The fraction of sp³-hybridized carbons (Fsp3) is 0.750. The lowest BCUT2D eigenvalue weighted by atomic mass is 10.2. The van der Waals surface area contributed by atoms with Crippen molar-refractivity contribution in [2.24, 2.45) is 0 Å². The maximum atomic E-state index is 4.59. The van der Waals surface area contributed by atoms with E-state index >= 15 is 0 Å². The molecule has 1 saturated carbocycles. The molecule has 1 aromatic rings. The maximum absolute atomic E-state index is 4.59. The standard InChI is InChI=1S/C12H20N4/c1-9-7-16(11-5-6-15(2)8-11)12(13-9)14-10-3-4-10/h7,10-11H,3-6,8H2,1-2H3,(H,13,14). The number of nitrogens with one attached hydrogen (secondary N) is 1. The average Bonchev–Trinajstić information content (AvgIpc) is 2.82. The minimum atomic E-state index is 0.604. The van der Waals surface area contributed by atoms with Crippen LogP contribution >= 0.6 is 0 Å². The number of anilines is 1. The zero-order valence-electron chi connectivity index (χ0n) is 10.1. The fourth-order valence-electron chi connectivity index (χ4n) is 2.45. The van der Waals surface area contributed by atoms with E-state index in [1.165, 1.54) is 25.8 Å². The Bertz CT molecular complexity index is 380. The van der Waals surface area contributed by atoms with Crippen LogP contribution in [0, 0.1) is 6.92 Å². The molecule has 1 aliphatic heterocycles. The van der Waals surface area contributed by atoms with Crippen LogP contribution in [0.3, 0.4) is 0 Å². The van der Waals surface area contributed by atoms with Gasteiger partial charge in [-0.3, -0.25) is 0 Å². The van der Waals surface area contributed by atoms with Gasteiger partial charge in [-0.25, -0.2) is 4.98 Å². The highest BCUT2D eigenvalue weighted by Gasteiger charge is 2.27. The Balaban J connectivity index is 1.81. The molecule has 1 N–H and O–H groups in total. The minimum Gasteiger partial charge on any atom is -0.353 e. The van der Waals surface area contributed by atoms with Gasteiger partial charge in [0, 0.05) is 18.8 Å². The highest BCUT2D eigenvalue weighted by molar-refractivity contribution is 5.33. The molecule has 2 fully saturated rings. The second-order valence-corrected chi connectivity index (χ2v) is 5.24. The largest absolute Gasteiger partial charge is 0.353 e. The van der Waals surface area contributed by atoms with E-state index in [4.69, 9.17) is 0 Å². The van der Waals surface area contributed by atoms with Crippen molar-refractivity contribution in [2.75, 3.05) is 25.5 Å². The van der Waals surface area contributed by atoms with E-state index in [1.807, 2.05) is 0 Å². The molecule has 1 atom stereocenters. The van der Waals surface area contributed by atoms with Crippen LogP contribution in [0.4, 0.5) is 5.95 Å². The molecule has 0 radical (unpaired) electrons. The van der Waals surface area contributed by atoms with Crippen LogP contribution in [-0.2, 0) is 0 Å². The molecule has 1 aromatic heterocycles. The highest BCUT2D eigenvalue weighted by Crippen LogP contribution is 2.28. The number of aryl methyl sites for hydroxylation is 1. The smallest absolute Gasteiger partial charge is 0.203 e. The molecule has 0 amide bonds. The Morgan fingerprint density at radius 3 is 2.81 bits per heavy atom. The summed E-state index contributed by atoms with van der Waals surface area (Å²) >= 11 is 0. The number of aromatic nitrogens is 2. The average molecular weight is 220 g/mol. The van der Waals surface area contributed by atoms with Crippen LogP contribution in [0.2, 0.25) is 0 Å². The lowest BCUT2D eigenvalue weighted by Crippen LogP contribution is -2.18. The Labute approximate surface area is 96.7 Å². The zero-order chi connectivity index (χ0) is 11.1. The van der Waals surface area contributed by atoms with Gasteiger partial charge >= 0.3 is 0 Å². The molecule has 4 nitrogen and oxygen atoms in total. The van der Waals surface area contributed by atoms with Crippen molar-refractivity contribution >= 4 is 5.95 Å². The van der Waals surface area contributed by atoms with Gasteiger partial charge in [-0.2, -0.15) is 0 Å². The van der Waals surface area contributed by atoms with Crippen molar-refractivity contribution in [3.8, 4) is 0 Å². The van der Waals surface area contributed by atoms with Crippen LogP contribution in [0.15, 0.2) is 6.20 Å². The summed E-state index contributed by atoms with van der Waals surface area (Å²) in [7, 11) is 2.19. The molecule has 2 aliphatic rings. The van der Waals surface area contributed by atoms with Crippen LogP contribution in [0.1, 0.15) is 31.0 Å². The van der Waals surface area contributed by atoms with E-state index in [1.54, 1.807) is 0 Å². The third-order valence-electron chi connectivity index (χ3n) is 3.52. The molecule has 2 heterocycles. The van der Waals surface area contributed by atoms with Gasteiger partial charge in [0.1, 0.15) is 0 Å². The number of nitrogens with zero attached hydrogens (tertiary/aromatic N) is 3. The predicted octanol–water partition coefficient (Wildman–Crippen LogP) is 1.64. The zero-order valence-corrected chi connectivity index (χ0v) is 10.1. The number of likely N-dealkylation sites (N-methyl/N-ethyl adjacent to an activating group) is 1. The number of likely N-dealkylation sites (tertiary alicyclic amines) is 1. The second kappa shape index (κ2) is 3.77. The first-order chi connectivity index (χ1) is 7.72. The lowest BCUT2D eigenvalue weighted by Gasteiger charge is -2.15. The molecule has 0 spiro atoms. The summed E-state index contributed by atoms with van der Waals surface area (Å²) in [6.07, 6.45) is 6.03. The van der Waals surface area contributed by atoms with Crippen LogP contribution < -0.4 is 5.32 Å². The number of imidazole rings is 1. The van der Waals surface area contributed by atoms with E-state index in [0.29, 0.717) is 12.1 Å². The van der Waals surface area contributed by atoms with Crippen LogP contribution in [0.25, 0.3) is 0 Å². The molecule has 88 valence electrons. The Morgan fingerprint density at radius 1 is 1.38 bits per heavy atom. The molecule has 1 aliphatic carbocycles. The molecular weight excluding hydrogens is 200 g/mol. The summed E-state index contributed by atoms with van der Waals surface area (Å²) in [5.74, 6) is 1.08. The van der Waals surface area contributed by atoms with Gasteiger partial charge in [-0.05, 0) is 39.8 Å². The van der Waals surface area contributed by atoms with Gasteiger partial charge in [0.25, 0.3) is 0 Å². The Morgan fingerprint density at radius 2 is 2.19 bits per heavy atom. The molecular formula is C12H20N4. The summed E-state index contributed by atoms with van der Waals surface area (Å²) in [5.41, 5.74) is 1.12. The third-order valence-corrected chi connectivity index (χ3v) is 3.52. The maximum Gasteiger partial charge on any atom is 0.203 e. The SMILES string of the molecule is Cc1cn(C2CCN(C)C2)c(NC2CC2)n1. The highest BCUT2D eigenvalue weighted by atomic mass is 15.3. The number of rotatable bonds is 3. The monoisotopic (exact) mass is 220 g/mol. The van der Waals surface area contributed by atoms with Crippen molar-refractivity contribution in [2.45, 2.75) is 38.3 Å². The van der Waals surface area contributed by atoms with Crippen LogP contribution in [-0.4, -0.2) is 40.6 Å². The first-order valence-electron chi connectivity index (χ1n) is 6.23. The van der Waals surface area contributed by atoms with E-state index in [0.717, 1.165) is 18.2 Å². The second-order valence-electron chi connectivity index (χ2n) is 5.24. The normalized spacial score (nSPS) is 26.2. The number of hydrogen-bond donors (Lipinski definition) is 1. The lowest BCUT2D eigenvalue weighted by molar-refractivity contribution is 0.393. The van der Waals surface area contributed by atoms with Gasteiger partial charge < -0.3 is 14.8 Å². The summed E-state index contributed by atoms with van der Waals surface area (Å²) in [6, 6.07) is 1.28. The summed E-state index contributed by atoms with van der Waals surface area (Å²) in [4.78, 5) is 6.98. The molecule has 1 unspecified atom stereocenters. The summed E-state index contributed by atoms with van der Waals surface area (Å²) in [6.45, 7) is 4.42. The predicted molar refractivity (Wildman–Crippen MR) is 64.8 cm³/mol. The van der Waals surface area contributed by atoms with Gasteiger partial charge in [-0.1, -0.05) is 0 Å². The van der Waals surface area contributed by atoms with Crippen molar-refractivity contribution in [3.05, 3.63) is 11.9 Å². The first kappa shape index (κ1) is 10.1. The summed E-state index contributed by atoms with van der Waals surface area (Å²) < 4.78 is 2.34. The van der Waals surface area contributed by atoms with E-state index < -0.39 is 0 Å². The molecule has 0 bridgehead atoms. The minimum absolute atomic E-state index is 0.604. The molecule has 0 aromatic carbocycles. The number of hydrogen-bond acceptors (Lipinski definition) is 3. The Hall–Kier alpha value is -1.03. The molecule has 1 saturated heterocycles. The molecule has 4 heteroatoms. The van der Waals surface area contributed by atoms with Crippen molar-refractivity contribution in [1.82, 2.24) is 14.5 Å². The van der Waals surface area contributed by atoms with E-state index in [2.05, 4.69) is 39.9 Å².